The first kappa shape index (κ1) is 17.6. The molecule has 1 saturated heterocycles. The van der Waals surface area contributed by atoms with Gasteiger partial charge in [-0.1, -0.05) is 0 Å². The quantitative estimate of drug-likeness (QED) is 0.871. The van der Waals surface area contributed by atoms with E-state index >= 15 is 0 Å². The Morgan fingerprint density at radius 1 is 1.24 bits per heavy atom. The van der Waals surface area contributed by atoms with Gasteiger partial charge in [0.05, 0.1) is 0 Å². The Labute approximate surface area is 147 Å². The zero-order valence-corrected chi connectivity index (χ0v) is 14.7. The van der Waals surface area contributed by atoms with E-state index in [0.29, 0.717) is 5.92 Å². The van der Waals surface area contributed by atoms with Gasteiger partial charge in [0.1, 0.15) is 0 Å². The molecule has 1 aromatic carbocycles. The molecule has 0 spiro atoms. The van der Waals surface area contributed by atoms with Gasteiger partial charge in [-0.05, 0) is 30.5 Å². The third-order valence-electron chi connectivity index (χ3n) is 4.66. The number of halogens is 2. The summed E-state index contributed by atoms with van der Waals surface area (Å²) in [5.41, 5.74) is 3.09. The smallest absolute Gasteiger partial charge is 0.160 e. The monoisotopic (exact) mass is 346 g/mol. The first-order valence-corrected chi connectivity index (χ1v) is 8.55. The number of pyridine rings is 1. The highest BCUT2D eigenvalue weighted by molar-refractivity contribution is 5.51. The number of rotatable bonds is 6. The van der Waals surface area contributed by atoms with Crippen molar-refractivity contribution >= 4 is 11.4 Å². The summed E-state index contributed by atoms with van der Waals surface area (Å²) >= 11 is 0. The van der Waals surface area contributed by atoms with Crippen molar-refractivity contribution in [3.63, 3.8) is 0 Å². The summed E-state index contributed by atoms with van der Waals surface area (Å²) in [4.78, 5) is 8.40. The van der Waals surface area contributed by atoms with Gasteiger partial charge in [-0.3, -0.25) is 4.98 Å². The molecule has 0 amide bonds. The van der Waals surface area contributed by atoms with E-state index in [1.54, 1.807) is 12.3 Å². The molecule has 0 aliphatic carbocycles. The van der Waals surface area contributed by atoms with Crippen LogP contribution in [0.25, 0.3) is 0 Å². The summed E-state index contributed by atoms with van der Waals surface area (Å²) in [5.74, 6) is -1.09. The molecule has 0 radical (unpaired) electrons. The van der Waals surface area contributed by atoms with Crippen LogP contribution < -0.4 is 15.1 Å². The molecule has 6 heteroatoms. The van der Waals surface area contributed by atoms with Crippen molar-refractivity contribution in [2.24, 2.45) is 5.92 Å². The molecule has 2 heterocycles. The van der Waals surface area contributed by atoms with Crippen LogP contribution in [-0.4, -0.2) is 38.7 Å². The van der Waals surface area contributed by atoms with E-state index in [2.05, 4.69) is 20.1 Å². The third kappa shape index (κ3) is 4.25. The Morgan fingerprint density at radius 3 is 2.84 bits per heavy atom. The fraction of sp³-hybridized carbons (Fsp3) is 0.421. The molecule has 3 rings (SSSR count). The minimum atomic E-state index is -0.797. The first-order chi connectivity index (χ1) is 12.0. The standard InChI is InChI=1S/C19H24F2N4/c1-24(2)19-5-7-22-11-15(19)12-23-10-14-6-8-25(13-14)16-3-4-17(20)18(21)9-16/h3-5,7,9,11,14,23H,6,8,10,12-13H2,1-2H3/t14-/m0/s1. The van der Waals surface area contributed by atoms with Crippen LogP contribution >= 0.6 is 0 Å². The largest absolute Gasteiger partial charge is 0.377 e. The molecule has 0 unspecified atom stereocenters. The van der Waals surface area contributed by atoms with Gasteiger partial charge in [-0.15, -0.1) is 0 Å². The zero-order chi connectivity index (χ0) is 17.8. The molecule has 2 aromatic rings. The lowest BCUT2D eigenvalue weighted by molar-refractivity contribution is 0.507. The van der Waals surface area contributed by atoms with Gasteiger partial charge in [0.15, 0.2) is 11.6 Å². The maximum atomic E-state index is 13.4. The van der Waals surface area contributed by atoms with Crippen molar-refractivity contribution in [1.82, 2.24) is 10.3 Å². The van der Waals surface area contributed by atoms with Crippen molar-refractivity contribution in [2.75, 3.05) is 43.5 Å². The van der Waals surface area contributed by atoms with Crippen molar-refractivity contribution in [3.8, 4) is 0 Å². The number of aromatic nitrogens is 1. The Morgan fingerprint density at radius 2 is 2.08 bits per heavy atom. The SMILES string of the molecule is CN(C)c1ccncc1CNC[C@@H]1CCN(c2ccc(F)c(F)c2)C1. The highest BCUT2D eigenvalue weighted by atomic mass is 19.2. The van der Waals surface area contributed by atoms with Gasteiger partial charge in [-0.25, -0.2) is 8.78 Å². The van der Waals surface area contributed by atoms with Crippen LogP contribution in [-0.2, 0) is 6.54 Å². The molecular formula is C19H24F2N4. The van der Waals surface area contributed by atoms with Crippen molar-refractivity contribution in [1.29, 1.82) is 0 Å². The normalized spacial score (nSPS) is 17.1. The predicted molar refractivity (Wildman–Crippen MR) is 96.9 cm³/mol. The van der Waals surface area contributed by atoms with E-state index in [1.165, 1.54) is 17.7 Å². The molecule has 0 saturated carbocycles. The van der Waals surface area contributed by atoms with Gasteiger partial charge >= 0.3 is 0 Å². The van der Waals surface area contributed by atoms with Crippen LogP contribution in [0.4, 0.5) is 20.2 Å². The van der Waals surface area contributed by atoms with E-state index in [1.807, 2.05) is 26.4 Å². The third-order valence-corrected chi connectivity index (χ3v) is 4.66. The number of nitrogens with one attached hydrogen (secondary N) is 1. The van der Waals surface area contributed by atoms with E-state index in [-0.39, 0.29) is 0 Å². The number of hydrogen-bond donors (Lipinski definition) is 1. The second-order valence-corrected chi connectivity index (χ2v) is 6.73. The zero-order valence-electron chi connectivity index (χ0n) is 14.7. The van der Waals surface area contributed by atoms with E-state index in [0.717, 1.165) is 44.0 Å². The molecule has 1 N–H and O–H groups in total. The Hall–Kier alpha value is -2.21. The van der Waals surface area contributed by atoms with Gasteiger partial charge in [0.2, 0.25) is 0 Å². The Kier molecular flexibility index (Phi) is 5.48. The number of benzene rings is 1. The summed E-state index contributed by atoms with van der Waals surface area (Å²) in [7, 11) is 4.05. The van der Waals surface area contributed by atoms with Crippen LogP contribution in [0.2, 0.25) is 0 Å². The lowest BCUT2D eigenvalue weighted by atomic mass is 10.1. The van der Waals surface area contributed by atoms with Crippen LogP contribution in [0.5, 0.6) is 0 Å². The summed E-state index contributed by atoms with van der Waals surface area (Å²) in [6.07, 6.45) is 4.74. The van der Waals surface area contributed by atoms with Crippen molar-refractivity contribution < 1.29 is 8.78 Å². The van der Waals surface area contributed by atoms with E-state index in [4.69, 9.17) is 0 Å². The van der Waals surface area contributed by atoms with Crippen LogP contribution in [0.3, 0.4) is 0 Å². The minimum Gasteiger partial charge on any atom is -0.377 e. The molecule has 4 nitrogen and oxygen atoms in total. The van der Waals surface area contributed by atoms with Crippen molar-refractivity contribution in [2.45, 2.75) is 13.0 Å². The highest BCUT2D eigenvalue weighted by Crippen LogP contribution is 2.25. The molecular weight excluding hydrogens is 322 g/mol. The van der Waals surface area contributed by atoms with Crippen LogP contribution in [0, 0.1) is 17.6 Å². The molecule has 25 heavy (non-hydrogen) atoms. The summed E-state index contributed by atoms with van der Waals surface area (Å²) < 4.78 is 26.5. The molecule has 1 aliphatic heterocycles. The number of anilines is 2. The fourth-order valence-electron chi connectivity index (χ4n) is 3.32. The highest BCUT2D eigenvalue weighted by Gasteiger charge is 2.23. The Bertz CT molecular complexity index is 720. The van der Waals surface area contributed by atoms with E-state index < -0.39 is 11.6 Å². The molecule has 1 aromatic heterocycles. The van der Waals surface area contributed by atoms with Gasteiger partial charge in [0, 0.05) is 75.7 Å². The average molecular weight is 346 g/mol. The maximum absolute atomic E-state index is 13.4. The van der Waals surface area contributed by atoms with Gasteiger partial charge in [0.25, 0.3) is 0 Å². The molecule has 0 bridgehead atoms. The Balaban J connectivity index is 1.51. The second kappa shape index (κ2) is 7.78. The number of hydrogen-bond acceptors (Lipinski definition) is 4. The average Bonchev–Trinajstić information content (AvgIpc) is 3.06. The maximum Gasteiger partial charge on any atom is 0.160 e. The van der Waals surface area contributed by atoms with E-state index in [9.17, 15) is 8.78 Å². The minimum absolute atomic E-state index is 0.493. The second-order valence-electron chi connectivity index (χ2n) is 6.73. The topological polar surface area (TPSA) is 31.4 Å². The number of nitrogens with zero attached hydrogens (tertiary/aromatic N) is 3. The lowest BCUT2D eigenvalue weighted by Crippen LogP contribution is -2.27. The first-order valence-electron chi connectivity index (χ1n) is 8.55. The van der Waals surface area contributed by atoms with Crippen LogP contribution in [0.15, 0.2) is 36.7 Å². The fourth-order valence-corrected chi connectivity index (χ4v) is 3.32. The van der Waals surface area contributed by atoms with Gasteiger partial charge in [-0.2, -0.15) is 0 Å². The summed E-state index contributed by atoms with van der Waals surface area (Å²) in [6.45, 7) is 3.38. The van der Waals surface area contributed by atoms with Crippen molar-refractivity contribution in [3.05, 3.63) is 53.9 Å². The molecule has 1 atom stereocenters. The van der Waals surface area contributed by atoms with Crippen LogP contribution in [0.1, 0.15) is 12.0 Å². The lowest BCUT2D eigenvalue weighted by Gasteiger charge is -2.20. The summed E-state index contributed by atoms with van der Waals surface area (Å²) in [6, 6.07) is 6.14. The van der Waals surface area contributed by atoms with Gasteiger partial charge < -0.3 is 15.1 Å². The molecule has 1 fully saturated rings. The molecule has 1 aliphatic rings. The summed E-state index contributed by atoms with van der Waals surface area (Å²) in [5, 5.41) is 3.50. The molecule has 134 valence electrons. The predicted octanol–water partition coefficient (Wildman–Crippen LogP) is 3.04.